The lowest BCUT2D eigenvalue weighted by atomic mass is 10.2. The molecule has 4 nitrogen and oxygen atoms in total. The number of aromatic nitrogens is 1. The van der Waals surface area contributed by atoms with Gasteiger partial charge in [0.15, 0.2) is 5.69 Å². The molecule has 1 aromatic heterocycles. The molecular weight excluding hydrogens is 283 g/mol. The van der Waals surface area contributed by atoms with E-state index in [2.05, 4.69) is 4.98 Å². The van der Waals surface area contributed by atoms with Gasteiger partial charge in [-0.05, 0) is 18.2 Å². The molecule has 0 aliphatic carbocycles. The molecule has 0 saturated heterocycles. The summed E-state index contributed by atoms with van der Waals surface area (Å²) in [6.07, 6.45) is 0. The summed E-state index contributed by atoms with van der Waals surface area (Å²) in [5.74, 6) is -1.16. The number of rotatable bonds is 2. The largest absolute Gasteiger partial charge is 0.476 e. The van der Waals surface area contributed by atoms with Crippen molar-refractivity contribution in [1.82, 2.24) is 4.98 Å². The molecule has 17 heavy (non-hydrogen) atoms. The van der Waals surface area contributed by atoms with Gasteiger partial charge in [-0.2, -0.15) is 0 Å². The molecule has 7 heteroatoms. The average Bonchev–Trinajstić information content (AvgIpc) is 2.64. The van der Waals surface area contributed by atoms with Crippen molar-refractivity contribution in [3.8, 4) is 10.6 Å². The van der Waals surface area contributed by atoms with Crippen LogP contribution in [-0.4, -0.2) is 16.1 Å². The highest BCUT2D eigenvalue weighted by Gasteiger charge is 2.17. The molecular formula is C10H6Cl2N2O2S. The summed E-state index contributed by atoms with van der Waals surface area (Å²) < 4.78 is 0. The maximum absolute atomic E-state index is 10.8. The number of hydrogen-bond acceptors (Lipinski definition) is 4. The lowest BCUT2D eigenvalue weighted by Crippen LogP contribution is -2.00. The van der Waals surface area contributed by atoms with Gasteiger partial charge in [0.2, 0.25) is 0 Å². The maximum Gasteiger partial charge on any atom is 0.357 e. The van der Waals surface area contributed by atoms with Crippen LogP contribution >= 0.6 is 34.5 Å². The van der Waals surface area contributed by atoms with Crippen molar-refractivity contribution < 1.29 is 9.90 Å². The second-order valence-electron chi connectivity index (χ2n) is 3.16. The number of aromatic carboxylic acids is 1. The molecule has 0 aliphatic rings. The Hall–Kier alpha value is -1.30. The van der Waals surface area contributed by atoms with E-state index in [-0.39, 0.29) is 10.7 Å². The molecule has 0 saturated carbocycles. The molecule has 0 aliphatic heterocycles. The number of halogens is 2. The number of nitrogens with zero attached hydrogens (tertiary/aromatic N) is 1. The number of carboxylic acid groups (broad SMARTS) is 1. The van der Waals surface area contributed by atoms with Gasteiger partial charge in [0.25, 0.3) is 0 Å². The monoisotopic (exact) mass is 288 g/mol. The lowest BCUT2D eigenvalue weighted by molar-refractivity contribution is 0.0692. The molecule has 1 heterocycles. The van der Waals surface area contributed by atoms with Crippen LogP contribution in [0.3, 0.4) is 0 Å². The second-order valence-corrected chi connectivity index (χ2v) is 5.04. The number of carbonyl (C=O) groups is 1. The molecule has 0 radical (unpaired) electrons. The second kappa shape index (κ2) is 4.52. The molecule has 0 bridgehead atoms. The van der Waals surface area contributed by atoms with Crippen LogP contribution in [0.25, 0.3) is 10.6 Å². The Labute approximate surface area is 111 Å². The van der Waals surface area contributed by atoms with Gasteiger partial charge in [-0.1, -0.05) is 34.5 Å². The third-order valence-electron chi connectivity index (χ3n) is 2.01. The molecule has 1 aromatic carbocycles. The van der Waals surface area contributed by atoms with E-state index >= 15 is 0 Å². The zero-order chi connectivity index (χ0) is 12.6. The van der Waals surface area contributed by atoms with Gasteiger partial charge in [0.05, 0.1) is 5.02 Å². The highest BCUT2D eigenvalue weighted by Crippen LogP contribution is 2.35. The quantitative estimate of drug-likeness (QED) is 0.888. The van der Waals surface area contributed by atoms with E-state index in [9.17, 15) is 4.79 Å². The topological polar surface area (TPSA) is 76.2 Å². The van der Waals surface area contributed by atoms with Gasteiger partial charge >= 0.3 is 5.97 Å². The van der Waals surface area contributed by atoms with Gasteiger partial charge in [-0.3, -0.25) is 0 Å². The van der Waals surface area contributed by atoms with Crippen molar-refractivity contribution in [3.05, 3.63) is 33.9 Å². The third-order valence-corrected chi connectivity index (χ3v) is 3.50. The van der Waals surface area contributed by atoms with Crippen LogP contribution in [0.2, 0.25) is 10.0 Å². The summed E-state index contributed by atoms with van der Waals surface area (Å²) in [5.41, 5.74) is 5.97. The van der Waals surface area contributed by atoms with Gasteiger partial charge in [0.1, 0.15) is 10.0 Å². The predicted octanol–water partition coefficient (Wildman–Crippen LogP) is 3.40. The number of hydrogen-bond donors (Lipinski definition) is 2. The minimum atomic E-state index is -1.16. The smallest absolute Gasteiger partial charge is 0.357 e. The summed E-state index contributed by atoms with van der Waals surface area (Å²) >= 11 is 12.9. The van der Waals surface area contributed by atoms with Crippen LogP contribution in [0.4, 0.5) is 5.00 Å². The van der Waals surface area contributed by atoms with E-state index in [0.29, 0.717) is 20.6 Å². The van der Waals surface area contributed by atoms with Crippen LogP contribution < -0.4 is 5.73 Å². The Bertz CT molecular complexity index is 598. The minimum absolute atomic E-state index is 0.142. The first-order chi connectivity index (χ1) is 7.99. The highest BCUT2D eigenvalue weighted by atomic mass is 35.5. The first-order valence-corrected chi connectivity index (χ1v) is 6.01. The fourth-order valence-electron chi connectivity index (χ4n) is 1.26. The Balaban J connectivity index is 2.57. The molecule has 88 valence electrons. The van der Waals surface area contributed by atoms with Gasteiger partial charge in [-0.15, -0.1) is 0 Å². The van der Waals surface area contributed by atoms with Crippen molar-refractivity contribution in [2.75, 3.05) is 5.73 Å². The van der Waals surface area contributed by atoms with Gasteiger partial charge < -0.3 is 10.8 Å². The molecule has 2 rings (SSSR count). The van der Waals surface area contributed by atoms with E-state index < -0.39 is 5.97 Å². The number of anilines is 1. The molecule has 3 N–H and O–H groups in total. The van der Waals surface area contributed by atoms with Gasteiger partial charge in [-0.25, -0.2) is 9.78 Å². The van der Waals surface area contributed by atoms with E-state index in [1.54, 1.807) is 18.2 Å². The van der Waals surface area contributed by atoms with Crippen LogP contribution in [0.5, 0.6) is 0 Å². The van der Waals surface area contributed by atoms with E-state index in [1.165, 1.54) is 0 Å². The van der Waals surface area contributed by atoms with Crippen molar-refractivity contribution in [3.63, 3.8) is 0 Å². The Morgan fingerprint density at radius 2 is 2.12 bits per heavy atom. The van der Waals surface area contributed by atoms with Crippen molar-refractivity contribution in [2.45, 2.75) is 0 Å². The van der Waals surface area contributed by atoms with E-state index in [4.69, 9.17) is 34.0 Å². The Morgan fingerprint density at radius 3 is 2.71 bits per heavy atom. The molecule has 0 atom stereocenters. The zero-order valence-electron chi connectivity index (χ0n) is 8.28. The summed E-state index contributed by atoms with van der Waals surface area (Å²) in [5, 5.41) is 10.4. The normalized spacial score (nSPS) is 10.5. The fourth-order valence-corrected chi connectivity index (χ4v) is 2.55. The number of carboxylic acids is 1. The number of thiazole rings is 1. The molecule has 0 unspecified atom stereocenters. The Morgan fingerprint density at radius 1 is 1.41 bits per heavy atom. The van der Waals surface area contributed by atoms with Crippen LogP contribution in [-0.2, 0) is 0 Å². The summed E-state index contributed by atoms with van der Waals surface area (Å²) in [7, 11) is 0. The Kier molecular flexibility index (Phi) is 3.24. The summed E-state index contributed by atoms with van der Waals surface area (Å²) in [6, 6.07) is 4.88. The van der Waals surface area contributed by atoms with Crippen molar-refractivity contribution in [2.24, 2.45) is 0 Å². The fraction of sp³-hybridized carbons (Fsp3) is 0. The van der Waals surface area contributed by atoms with Crippen molar-refractivity contribution >= 4 is 45.5 Å². The summed E-state index contributed by atoms with van der Waals surface area (Å²) in [4.78, 5) is 14.8. The zero-order valence-corrected chi connectivity index (χ0v) is 10.6. The SMILES string of the molecule is Nc1sc(-c2cc(Cl)ccc2Cl)nc1C(=O)O. The third kappa shape index (κ3) is 2.36. The summed E-state index contributed by atoms with van der Waals surface area (Å²) in [6.45, 7) is 0. The molecule has 0 spiro atoms. The van der Waals surface area contributed by atoms with Crippen molar-refractivity contribution in [1.29, 1.82) is 0 Å². The van der Waals surface area contributed by atoms with Crippen LogP contribution in [0, 0.1) is 0 Å². The first-order valence-electron chi connectivity index (χ1n) is 4.44. The highest BCUT2D eigenvalue weighted by molar-refractivity contribution is 7.19. The standard InChI is InChI=1S/C10H6Cl2N2O2S/c11-4-1-2-6(12)5(3-4)9-14-7(10(15)16)8(13)17-9/h1-3H,13H2,(H,15,16). The van der Waals surface area contributed by atoms with E-state index in [0.717, 1.165) is 11.3 Å². The first kappa shape index (κ1) is 12.2. The average molecular weight is 289 g/mol. The lowest BCUT2D eigenvalue weighted by Gasteiger charge is -2.00. The van der Waals surface area contributed by atoms with Crippen LogP contribution in [0.1, 0.15) is 10.5 Å². The number of nitrogen functional groups attached to an aromatic ring is 1. The molecule has 2 aromatic rings. The number of benzene rings is 1. The predicted molar refractivity (Wildman–Crippen MR) is 68.9 cm³/mol. The van der Waals surface area contributed by atoms with Crippen LogP contribution in [0.15, 0.2) is 18.2 Å². The number of nitrogens with two attached hydrogens (primary N) is 1. The molecule has 0 amide bonds. The minimum Gasteiger partial charge on any atom is -0.476 e. The van der Waals surface area contributed by atoms with Gasteiger partial charge in [0, 0.05) is 10.6 Å². The van der Waals surface area contributed by atoms with E-state index in [1.807, 2.05) is 0 Å². The maximum atomic E-state index is 10.8. The molecule has 0 fully saturated rings.